The highest BCUT2D eigenvalue weighted by atomic mass is 16.3. The van der Waals surface area contributed by atoms with Gasteiger partial charge >= 0.3 is 0 Å². The van der Waals surface area contributed by atoms with Crippen LogP contribution in [0, 0.1) is 6.92 Å². The van der Waals surface area contributed by atoms with Gasteiger partial charge in [-0.1, -0.05) is 12.8 Å². The summed E-state index contributed by atoms with van der Waals surface area (Å²) in [7, 11) is 0. The first kappa shape index (κ1) is 18.7. The molecule has 2 N–H and O–H groups in total. The maximum Gasteiger partial charge on any atom is 0.290 e. The molecule has 0 unspecified atom stereocenters. The second kappa shape index (κ2) is 8.52. The van der Waals surface area contributed by atoms with E-state index in [0.717, 1.165) is 40.7 Å². The fraction of sp³-hybridized carbons (Fsp3) is 0.444. The van der Waals surface area contributed by atoms with Crippen molar-refractivity contribution in [3.8, 4) is 11.4 Å². The molecule has 3 aromatic rings. The number of nitrogens with zero attached hydrogens (tertiary/aromatic N) is 6. The van der Waals surface area contributed by atoms with Crippen molar-refractivity contribution in [2.75, 3.05) is 5.32 Å². The average Bonchev–Trinajstić information content (AvgIpc) is 3.31. The van der Waals surface area contributed by atoms with Crippen LogP contribution in [0.25, 0.3) is 22.6 Å². The number of aryl methyl sites for hydroxylation is 2. The van der Waals surface area contributed by atoms with Crippen LogP contribution in [0.1, 0.15) is 38.4 Å². The van der Waals surface area contributed by atoms with Crippen LogP contribution in [0.2, 0.25) is 0 Å². The summed E-state index contributed by atoms with van der Waals surface area (Å²) in [6.45, 7) is 4.49. The normalized spacial score (nSPS) is 14.0. The van der Waals surface area contributed by atoms with E-state index in [1.54, 1.807) is 6.33 Å². The van der Waals surface area contributed by atoms with Crippen molar-refractivity contribution < 1.29 is 9.90 Å². The van der Waals surface area contributed by atoms with E-state index < -0.39 is 0 Å². The quantitative estimate of drug-likeness (QED) is 0.674. The van der Waals surface area contributed by atoms with Crippen LogP contribution in [0.5, 0.6) is 0 Å². The van der Waals surface area contributed by atoms with Crippen molar-refractivity contribution in [1.82, 2.24) is 29.5 Å². The average molecular weight is 369 g/mol. The topological polar surface area (TPSA) is 119 Å². The second-order valence-electron chi connectivity index (χ2n) is 6.32. The van der Waals surface area contributed by atoms with Gasteiger partial charge in [0.25, 0.3) is 6.47 Å². The van der Waals surface area contributed by atoms with Crippen molar-refractivity contribution in [3.63, 3.8) is 0 Å². The van der Waals surface area contributed by atoms with Crippen LogP contribution in [-0.2, 0) is 11.3 Å². The van der Waals surface area contributed by atoms with E-state index >= 15 is 0 Å². The lowest BCUT2D eigenvalue weighted by atomic mass is 10.2. The lowest BCUT2D eigenvalue weighted by molar-refractivity contribution is -0.122. The number of hydrogen-bond donors (Lipinski definition) is 2. The number of rotatable bonds is 4. The van der Waals surface area contributed by atoms with Crippen LogP contribution in [0.4, 0.5) is 5.82 Å². The molecular formula is C18H23N7O2. The molecular weight excluding hydrogens is 346 g/mol. The predicted octanol–water partition coefficient (Wildman–Crippen LogP) is 2.67. The van der Waals surface area contributed by atoms with Gasteiger partial charge in [-0.2, -0.15) is 0 Å². The Morgan fingerprint density at radius 1 is 1.22 bits per heavy atom. The number of nitrogens with one attached hydrogen (secondary N) is 1. The van der Waals surface area contributed by atoms with E-state index in [1.165, 1.54) is 25.7 Å². The second-order valence-corrected chi connectivity index (χ2v) is 6.32. The minimum atomic E-state index is -0.250. The Hall–Kier alpha value is -3.10. The summed E-state index contributed by atoms with van der Waals surface area (Å²) in [4.78, 5) is 30.7. The zero-order valence-electron chi connectivity index (χ0n) is 15.5. The molecule has 0 atom stereocenters. The van der Waals surface area contributed by atoms with Crippen molar-refractivity contribution in [2.24, 2.45) is 0 Å². The maximum absolute atomic E-state index is 8.36. The molecule has 142 valence electrons. The van der Waals surface area contributed by atoms with Crippen molar-refractivity contribution >= 4 is 23.5 Å². The molecule has 0 radical (unpaired) electrons. The van der Waals surface area contributed by atoms with Crippen LogP contribution < -0.4 is 5.32 Å². The van der Waals surface area contributed by atoms with Gasteiger partial charge in [0.1, 0.15) is 18.0 Å². The Labute approximate surface area is 156 Å². The third-order valence-electron chi connectivity index (χ3n) is 4.58. The van der Waals surface area contributed by atoms with Gasteiger partial charge in [0.2, 0.25) is 0 Å². The highest BCUT2D eigenvalue weighted by Crippen LogP contribution is 2.28. The van der Waals surface area contributed by atoms with E-state index in [4.69, 9.17) is 14.9 Å². The van der Waals surface area contributed by atoms with E-state index in [0.29, 0.717) is 6.04 Å². The van der Waals surface area contributed by atoms with E-state index in [2.05, 4.69) is 36.7 Å². The molecule has 0 aromatic carbocycles. The molecule has 0 amide bonds. The molecule has 1 saturated carbocycles. The molecule has 1 aliphatic rings. The first-order chi connectivity index (χ1) is 13.2. The molecule has 27 heavy (non-hydrogen) atoms. The number of hydrogen-bond acceptors (Lipinski definition) is 7. The Morgan fingerprint density at radius 2 is 1.89 bits per heavy atom. The lowest BCUT2D eigenvalue weighted by Gasteiger charge is -2.12. The zero-order chi connectivity index (χ0) is 19.2. The van der Waals surface area contributed by atoms with E-state index in [9.17, 15) is 0 Å². The molecule has 0 spiro atoms. The molecule has 9 heteroatoms. The van der Waals surface area contributed by atoms with Gasteiger partial charge in [-0.25, -0.2) is 24.9 Å². The third kappa shape index (κ3) is 4.02. The number of aromatic nitrogens is 6. The molecule has 1 fully saturated rings. The molecule has 3 heterocycles. The van der Waals surface area contributed by atoms with Gasteiger partial charge in [0.15, 0.2) is 17.0 Å². The first-order valence-corrected chi connectivity index (χ1v) is 9.02. The SMILES string of the molecule is CCn1c(-c2cnc(C)nc2)nc2c(NC3CCCC3)ncnc21.O=CO. The van der Waals surface area contributed by atoms with Gasteiger partial charge in [-0.05, 0) is 26.7 Å². The highest BCUT2D eigenvalue weighted by molar-refractivity contribution is 5.86. The van der Waals surface area contributed by atoms with Crippen molar-refractivity contribution in [1.29, 1.82) is 0 Å². The minimum Gasteiger partial charge on any atom is -0.483 e. The largest absolute Gasteiger partial charge is 0.483 e. The number of carboxylic acid groups (broad SMARTS) is 1. The first-order valence-electron chi connectivity index (χ1n) is 9.02. The number of anilines is 1. The molecule has 1 aliphatic carbocycles. The highest BCUT2D eigenvalue weighted by Gasteiger charge is 2.20. The predicted molar refractivity (Wildman–Crippen MR) is 101 cm³/mol. The summed E-state index contributed by atoms with van der Waals surface area (Å²) in [6, 6.07) is 0.487. The monoisotopic (exact) mass is 369 g/mol. The molecule has 0 aliphatic heterocycles. The maximum atomic E-state index is 8.36. The molecule has 3 aromatic heterocycles. The molecule has 4 rings (SSSR count). The van der Waals surface area contributed by atoms with Gasteiger partial charge in [-0.3, -0.25) is 4.79 Å². The summed E-state index contributed by atoms with van der Waals surface area (Å²) in [6.07, 6.45) is 10.2. The van der Waals surface area contributed by atoms with Crippen molar-refractivity contribution in [3.05, 3.63) is 24.5 Å². The van der Waals surface area contributed by atoms with Crippen LogP contribution in [-0.4, -0.2) is 47.1 Å². The Balaban J connectivity index is 0.000000659. The lowest BCUT2D eigenvalue weighted by Crippen LogP contribution is -2.16. The van der Waals surface area contributed by atoms with Crippen LogP contribution in [0.3, 0.4) is 0 Å². The fourth-order valence-corrected chi connectivity index (χ4v) is 3.33. The summed E-state index contributed by atoms with van der Waals surface area (Å²) in [5.41, 5.74) is 2.57. The summed E-state index contributed by atoms with van der Waals surface area (Å²) < 4.78 is 2.09. The molecule has 0 bridgehead atoms. The smallest absolute Gasteiger partial charge is 0.290 e. The number of imidazole rings is 1. The summed E-state index contributed by atoms with van der Waals surface area (Å²) >= 11 is 0. The number of carbonyl (C=O) groups is 1. The Kier molecular flexibility index (Phi) is 5.90. The minimum absolute atomic E-state index is 0.250. The van der Waals surface area contributed by atoms with Crippen LogP contribution >= 0.6 is 0 Å². The van der Waals surface area contributed by atoms with Crippen LogP contribution in [0.15, 0.2) is 18.7 Å². The van der Waals surface area contributed by atoms with Crippen molar-refractivity contribution in [2.45, 2.75) is 52.1 Å². The molecule has 0 saturated heterocycles. The Bertz CT molecular complexity index is 902. The fourth-order valence-electron chi connectivity index (χ4n) is 3.33. The van der Waals surface area contributed by atoms with Gasteiger partial charge in [0, 0.05) is 25.0 Å². The summed E-state index contributed by atoms with van der Waals surface area (Å²) in [5.74, 6) is 2.41. The third-order valence-corrected chi connectivity index (χ3v) is 4.58. The van der Waals surface area contributed by atoms with E-state index in [1.807, 2.05) is 19.3 Å². The van der Waals surface area contributed by atoms with Gasteiger partial charge < -0.3 is 15.0 Å². The number of fused-ring (bicyclic) bond motifs is 1. The molecule has 9 nitrogen and oxygen atoms in total. The van der Waals surface area contributed by atoms with E-state index in [-0.39, 0.29) is 6.47 Å². The zero-order valence-corrected chi connectivity index (χ0v) is 15.5. The Morgan fingerprint density at radius 3 is 2.52 bits per heavy atom. The van der Waals surface area contributed by atoms with Gasteiger partial charge in [-0.15, -0.1) is 0 Å². The summed E-state index contributed by atoms with van der Waals surface area (Å²) in [5, 5.41) is 10.4. The van der Waals surface area contributed by atoms with Gasteiger partial charge in [0.05, 0.1) is 5.56 Å². The standard InChI is InChI=1S/C17H21N7.CH2O2/c1-3-24-16(12-8-18-11(2)19-9-12)23-14-15(20-10-21-17(14)24)22-13-6-4-5-7-13;2-1-3/h8-10,13H,3-7H2,1-2H3,(H,20,21,22);1H,(H,2,3).